The quantitative estimate of drug-likeness (QED) is 0.404. The molecule has 2 amide bonds. The highest BCUT2D eigenvalue weighted by Gasteiger charge is 2.26. The van der Waals surface area contributed by atoms with E-state index < -0.39 is 9.84 Å². The molecule has 1 aliphatic rings. The molecule has 1 fully saturated rings. The molecule has 8 nitrogen and oxygen atoms in total. The zero-order chi connectivity index (χ0) is 23.8. The van der Waals surface area contributed by atoms with Gasteiger partial charge in [0, 0.05) is 57.0 Å². The van der Waals surface area contributed by atoms with Gasteiger partial charge in [-0.15, -0.1) is 11.8 Å². The first-order valence-corrected chi connectivity index (χ1v) is 14.0. The molecule has 180 valence electrons. The number of sulfone groups is 1. The second kappa shape index (κ2) is 11.7. The van der Waals surface area contributed by atoms with Crippen LogP contribution in [0.3, 0.4) is 0 Å². The minimum absolute atomic E-state index is 0.0207. The standard InChI is InChI=1S/C23H32N4O4S2/c1-18-3-5-21(6-4-18)33(30,31)16-14-27-13-10-24-23(27)20-7-11-26(12-8-20)22(29)9-15-32-17-25-19(2)28/h3-6,10,13,20H,7-9,11-12,14-17H2,1-2H3,(H,25,28). The Morgan fingerprint density at radius 1 is 1.18 bits per heavy atom. The van der Waals surface area contributed by atoms with Gasteiger partial charge in [-0.1, -0.05) is 17.7 Å². The van der Waals surface area contributed by atoms with Gasteiger partial charge in [-0.3, -0.25) is 9.59 Å². The van der Waals surface area contributed by atoms with Gasteiger partial charge < -0.3 is 14.8 Å². The molecule has 10 heteroatoms. The highest BCUT2D eigenvalue weighted by atomic mass is 32.2. The zero-order valence-corrected chi connectivity index (χ0v) is 20.8. The first-order chi connectivity index (χ1) is 15.8. The molecule has 3 rings (SSSR count). The second-order valence-electron chi connectivity index (χ2n) is 8.30. The monoisotopic (exact) mass is 492 g/mol. The number of benzene rings is 1. The molecule has 0 atom stereocenters. The van der Waals surface area contributed by atoms with E-state index in [1.165, 1.54) is 18.7 Å². The van der Waals surface area contributed by atoms with Crippen molar-refractivity contribution in [2.45, 2.75) is 50.5 Å². The molecule has 2 aromatic rings. The van der Waals surface area contributed by atoms with Crippen LogP contribution in [0.15, 0.2) is 41.6 Å². The highest BCUT2D eigenvalue weighted by molar-refractivity contribution is 7.99. The van der Waals surface area contributed by atoms with Crippen molar-refractivity contribution in [3.8, 4) is 0 Å². The summed E-state index contributed by atoms with van der Waals surface area (Å²) in [6.45, 7) is 5.11. The molecule has 0 unspecified atom stereocenters. The molecule has 0 spiro atoms. The number of nitrogens with one attached hydrogen (secondary N) is 1. The molecule has 1 aliphatic heterocycles. The van der Waals surface area contributed by atoms with Crippen molar-refractivity contribution < 1.29 is 18.0 Å². The van der Waals surface area contributed by atoms with Gasteiger partial charge in [-0.2, -0.15) is 0 Å². The van der Waals surface area contributed by atoms with Crippen LogP contribution < -0.4 is 5.32 Å². The van der Waals surface area contributed by atoms with E-state index in [1.54, 1.807) is 18.3 Å². The molecule has 33 heavy (non-hydrogen) atoms. The molecular weight excluding hydrogens is 460 g/mol. The summed E-state index contributed by atoms with van der Waals surface area (Å²) >= 11 is 1.54. The minimum atomic E-state index is -3.37. The molecule has 1 aromatic carbocycles. The first-order valence-electron chi connectivity index (χ1n) is 11.2. The fourth-order valence-corrected chi connectivity index (χ4v) is 5.87. The molecular formula is C23H32N4O4S2. The first kappa shape index (κ1) is 25.3. The number of hydrogen-bond donors (Lipinski definition) is 1. The number of piperidine rings is 1. The van der Waals surface area contributed by atoms with Crippen LogP contribution in [0.2, 0.25) is 0 Å². The maximum absolute atomic E-state index is 12.7. The van der Waals surface area contributed by atoms with Crippen LogP contribution in [0.4, 0.5) is 0 Å². The Balaban J connectivity index is 1.48. The van der Waals surface area contributed by atoms with Crippen LogP contribution in [0.1, 0.15) is 43.5 Å². The summed E-state index contributed by atoms with van der Waals surface area (Å²) in [6, 6.07) is 6.94. The van der Waals surface area contributed by atoms with Crippen molar-refractivity contribution in [1.29, 1.82) is 0 Å². The Kier molecular flexibility index (Phi) is 8.96. The number of likely N-dealkylation sites (tertiary alicyclic amines) is 1. The normalized spacial score (nSPS) is 14.9. The fraction of sp³-hybridized carbons (Fsp3) is 0.522. The van der Waals surface area contributed by atoms with Gasteiger partial charge in [0.1, 0.15) is 5.82 Å². The van der Waals surface area contributed by atoms with Crippen molar-refractivity contribution >= 4 is 33.4 Å². The van der Waals surface area contributed by atoms with E-state index in [-0.39, 0.29) is 23.5 Å². The Labute approximate surface area is 200 Å². The summed E-state index contributed by atoms with van der Waals surface area (Å²) in [6.07, 6.45) is 5.64. The number of carbonyl (C=O) groups is 2. The summed E-state index contributed by atoms with van der Waals surface area (Å²) in [5.74, 6) is 2.39. The third-order valence-electron chi connectivity index (χ3n) is 5.82. The third-order valence-corrected chi connectivity index (χ3v) is 8.38. The lowest BCUT2D eigenvalue weighted by Crippen LogP contribution is -2.38. The SMILES string of the molecule is CC(=O)NCSCCC(=O)N1CCC(c2nccn2CCS(=O)(=O)c2ccc(C)cc2)CC1. The van der Waals surface area contributed by atoms with Crippen LogP contribution in [0.5, 0.6) is 0 Å². The number of amides is 2. The van der Waals surface area contributed by atoms with Crippen molar-refractivity contribution in [3.63, 3.8) is 0 Å². The van der Waals surface area contributed by atoms with Gasteiger partial charge in [0.15, 0.2) is 9.84 Å². The van der Waals surface area contributed by atoms with E-state index in [0.29, 0.717) is 42.6 Å². The van der Waals surface area contributed by atoms with Crippen LogP contribution in [-0.2, 0) is 26.0 Å². The molecule has 0 saturated carbocycles. The number of nitrogens with zero attached hydrogens (tertiary/aromatic N) is 3. The van der Waals surface area contributed by atoms with Crippen LogP contribution in [0.25, 0.3) is 0 Å². The Morgan fingerprint density at radius 2 is 1.88 bits per heavy atom. The van der Waals surface area contributed by atoms with E-state index in [9.17, 15) is 18.0 Å². The van der Waals surface area contributed by atoms with Crippen molar-refractivity contribution in [2.75, 3.05) is 30.5 Å². The van der Waals surface area contributed by atoms with Crippen molar-refractivity contribution in [3.05, 3.63) is 48.0 Å². The topological polar surface area (TPSA) is 101 Å². The van der Waals surface area contributed by atoms with E-state index in [2.05, 4.69) is 10.3 Å². The number of imidazole rings is 1. The Morgan fingerprint density at radius 3 is 2.55 bits per heavy atom. The van der Waals surface area contributed by atoms with E-state index >= 15 is 0 Å². The maximum atomic E-state index is 12.7. The van der Waals surface area contributed by atoms with E-state index in [1.807, 2.05) is 34.7 Å². The summed E-state index contributed by atoms with van der Waals surface area (Å²) in [5, 5.41) is 2.71. The van der Waals surface area contributed by atoms with Crippen molar-refractivity contribution in [2.24, 2.45) is 0 Å². The van der Waals surface area contributed by atoms with E-state index in [4.69, 9.17) is 0 Å². The van der Waals surface area contributed by atoms with Gasteiger partial charge in [-0.25, -0.2) is 13.4 Å². The fourth-order valence-electron chi connectivity index (χ4n) is 3.88. The molecule has 1 saturated heterocycles. The van der Waals surface area contributed by atoms with Crippen LogP contribution in [0, 0.1) is 6.92 Å². The van der Waals surface area contributed by atoms with E-state index in [0.717, 1.165) is 24.2 Å². The molecule has 0 bridgehead atoms. The summed E-state index contributed by atoms with van der Waals surface area (Å²) < 4.78 is 27.3. The number of rotatable bonds is 10. The van der Waals surface area contributed by atoms with Gasteiger partial charge >= 0.3 is 0 Å². The lowest BCUT2D eigenvalue weighted by atomic mass is 9.95. The molecule has 1 N–H and O–H groups in total. The predicted molar refractivity (Wildman–Crippen MR) is 130 cm³/mol. The molecule has 0 aliphatic carbocycles. The largest absolute Gasteiger partial charge is 0.347 e. The zero-order valence-electron chi connectivity index (χ0n) is 19.2. The third kappa shape index (κ3) is 7.33. The predicted octanol–water partition coefficient (Wildman–Crippen LogP) is 2.59. The average Bonchev–Trinajstić information content (AvgIpc) is 3.26. The molecule has 2 heterocycles. The minimum Gasteiger partial charge on any atom is -0.347 e. The number of aryl methyl sites for hydroxylation is 2. The number of hydrogen-bond acceptors (Lipinski definition) is 6. The summed E-state index contributed by atoms with van der Waals surface area (Å²) in [5.41, 5.74) is 1.03. The summed E-state index contributed by atoms with van der Waals surface area (Å²) in [4.78, 5) is 30.1. The smallest absolute Gasteiger partial charge is 0.223 e. The average molecular weight is 493 g/mol. The Hall–Kier alpha value is -2.33. The molecule has 1 aromatic heterocycles. The second-order valence-corrected chi connectivity index (χ2v) is 11.5. The number of thioether (sulfide) groups is 1. The maximum Gasteiger partial charge on any atom is 0.223 e. The lowest BCUT2D eigenvalue weighted by molar-refractivity contribution is -0.131. The number of aromatic nitrogens is 2. The Bertz CT molecular complexity index is 1040. The van der Waals surface area contributed by atoms with Crippen LogP contribution >= 0.6 is 11.8 Å². The van der Waals surface area contributed by atoms with Gasteiger partial charge in [0.05, 0.1) is 16.5 Å². The molecule has 0 radical (unpaired) electrons. The van der Waals surface area contributed by atoms with Crippen LogP contribution in [-0.4, -0.2) is 65.2 Å². The van der Waals surface area contributed by atoms with Crippen molar-refractivity contribution in [1.82, 2.24) is 19.8 Å². The highest BCUT2D eigenvalue weighted by Crippen LogP contribution is 2.27. The number of carbonyl (C=O) groups excluding carboxylic acids is 2. The van der Waals surface area contributed by atoms with Gasteiger partial charge in [-0.05, 0) is 31.9 Å². The van der Waals surface area contributed by atoms with Gasteiger partial charge in [0.2, 0.25) is 11.8 Å². The van der Waals surface area contributed by atoms with Gasteiger partial charge in [0.25, 0.3) is 0 Å². The lowest BCUT2D eigenvalue weighted by Gasteiger charge is -2.32. The summed E-state index contributed by atoms with van der Waals surface area (Å²) in [7, 11) is -3.37.